The van der Waals surface area contributed by atoms with Gasteiger partial charge >= 0.3 is 0 Å². The van der Waals surface area contributed by atoms with Gasteiger partial charge in [-0.3, -0.25) is 0 Å². The minimum absolute atomic E-state index is 0.414. The van der Waals surface area contributed by atoms with Crippen LogP contribution in [0.15, 0.2) is 18.2 Å². The first kappa shape index (κ1) is 16.3. The second-order valence-electron chi connectivity index (χ2n) is 4.82. The van der Waals surface area contributed by atoms with Gasteiger partial charge in [0.1, 0.15) is 0 Å². The van der Waals surface area contributed by atoms with E-state index >= 15 is 0 Å². The Morgan fingerprint density at radius 1 is 1.30 bits per heavy atom. The molecule has 0 unspecified atom stereocenters. The molecule has 1 aromatic carbocycles. The molecule has 110 valence electrons. The minimum atomic E-state index is 0.414. The lowest BCUT2D eigenvalue weighted by molar-refractivity contribution is 0.271. The van der Waals surface area contributed by atoms with E-state index in [-0.39, 0.29) is 0 Å². The molecule has 1 aromatic rings. The largest absolute Gasteiger partial charge is 0.490 e. The van der Waals surface area contributed by atoms with Crippen molar-refractivity contribution in [2.75, 3.05) is 13.2 Å². The van der Waals surface area contributed by atoms with Crippen LogP contribution in [0.2, 0.25) is 0 Å². The third-order valence-electron chi connectivity index (χ3n) is 2.74. The standard InChI is InChI=1S/C16H24N2O2/c1-4-19-15-9-7-8-14(12-18-13(2)3)16(15)20-11-6-5-10-17/h7-9,13,18H,4-6,11-12H2,1-3H3. The number of ether oxygens (including phenoxy) is 2. The van der Waals surface area contributed by atoms with Crippen molar-refractivity contribution in [2.45, 2.75) is 46.2 Å². The van der Waals surface area contributed by atoms with Crippen molar-refractivity contribution in [1.29, 1.82) is 5.26 Å². The van der Waals surface area contributed by atoms with E-state index in [2.05, 4.69) is 25.2 Å². The Bertz CT molecular complexity index is 439. The highest BCUT2D eigenvalue weighted by molar-refractivity contribution is 5.46. The van der Waals surface area contributed by atoms with Crippen LogP contribution in [0.1, 0.15) is 39.2 Å². The highest BCUT2D eigenvalue weighted by Crippen LogP contribution is 2.31. The maximum Gasteiger partial charge on any atom is 0.165 e. The van der Waals surface area contributed by atoms with Crippen molar-refractivity contribution in [3.05, 3.63) is 23.8 Å². The molecule has 0 atom stereocenters. The second-order valence-corrected chi connectivity index (χ2v) is 4.82. The lowest BCUT2D eigenvalue weighted by atomic mass is 10.1. The molecule has 0 heterocycles. The first-order valence-electron chi connectivity index (χ1n) is 7.16. The summed E-state index contributed by atoms with van der Waals surface area (Å²) in [5.41, 5.74) is 1.08. The molecular formula is C16H24N2O2. The SMILES string of the molecule is CCOc1cccc(CNC(C)C)c1OCCCC#N. The number of nitrogens with zero attached hydrogens (tertiary/aromatic N) is 1. The maximum atomic E-state index is 8.56. The molecule has 0 spiro atoms. The fraction of sp³-hybridized carbons (Fsp3) is 0.562. The Morgan fingerprint density at radius 3 is 2.75 bits per heavy atom. The number of nitriles is 1. The fourth-order valence-electron chi connectivity index (χ4n) is 1.77. The summed E-state index contributed by atoms with van der Waals surface area (Å²) in [7, 11) is 0. The molecular weight excluding hydrogens is 252 g/mol. The smallest absolute Gasteiger partial charge is 0.165 e. The monoisotopic (exact) mass is 276 g/mol. The van der Waals surface area contributed by atoms with E-state index < -0.39 is 0 Å². The summed E-state index contributed by atoms with van der Waals surface area (Å²) in [5, 5.41) is 11.9. The summed E-state index contributed by atoms with van der Waals surface area (Å²) < 4.78 is 11.5. The normalized spacial score (nSPS) is 10.3. The molecule has 0 saturated heterocycles. The van der Waals surface area contributed by atoms with Gasteiger partial charge in [0.25, 0.3) is 0 Å². The lowest BCUT2D eigenvalue weighted by Gasteiger charge is -2.17. The van der Waals surface area contributed by atoms with Crippen LogP contribution in [-0.2, 0) is 6.54 Å². The quantitative estimate of drug-likeness (QED) is 0.703. The van der Waals surface area contributed by atoms with Crippen molar-refractivity contribution in [3.63, 3.8) is 0 Å². The summed E-state index contributed by atoms with van der Waals surface area (Å²) >= 11 is 0. The first-order chi connectivity index (χ1) is 9.69. The van der Waals surface area contributed by atoms with E-state index in [9.17, 15) is 0 Å². The van der Waals surface area contributed by atoms with Gasteiger partial charge in [0.05, 0.1) is 19.3 Å². The van der Waals surface area contributed by atoms with Crippen molar-refractivity contribution < 1.29 is 9.47 Å². The fourth-order valence-corrected chi connectivity index (χ4v) is 1.77. The molecule has 0 fully saturated rings. The van der Waals surface area contributed by atoms with Crippen LogP contribution in [0.5, 0.6) is 11.5 Å². The van der Waals surface area contributed by atoms with Crippen LogP contribution in [0.4, 0.5) is 0 Å². The number of rotatable bonds is 9. The third kappa shape index (κ3) is 5.50. The average Bonchev–Trinajstić information content (AvgIpc) is 2.43. The van der Waals surface area contributed by atoms with Gasteiger partial charge in [-0.05, 0) is 19.4 Å². The van der Waals surface area contributed by atoms with Gasteiger partial charge < -0.3 is 14.8 Å². The van der Waals surface area contributed by atoms with E-state index in [1.165, 1.54) is 0 Å². The summed E-state index contributed by atoms with van der Waals surface area (Å²) in [6, 6.07) is 8.47. The molecule has 1 rings (SSSR count). The molecule has 0 radical (unpaired) electrons. The molecule has 0 aliphatic heterocycles. The van der Waals surface area contributed by atoms with Crippen LogP contribution < -0.4 is 14.8 Å². The number of hydrogen-bond donors (Lipinski definition) is 1. The van der Waals surface area contributed by atoms with Gasteiger partial charge in [-0.1, -0.05) is 26.0 Å². The number of para-hydroxylation sites is 1. The summed E-state index contributed by atoms with van der Waals surface area (Å²) in [5.74, 6) is 1.56. The third-order valence-corrected chi connectivity index (χ3v) is 2.74. The number of nitrogens with one attached hydrogen (secondary N) is 1. The van der Waals surface area contributed by atoms with Gasteiger partial charge in [-0.2, -0.15) is 5.26 Å². The summed E-state index contributed by atoms with van der Waals surface area (Å²) in [4.78, 5) is 0. The molecule has 0 aliphatic rings. The van der Waals surface area contributed by atoms with Crippen molar-refractivity contribution in [1.82, 2.24) is 5.32 Å². The van der Waals surface area contributed by atoms with Crippen LogP contribution in [0.3, 0.4) is 0 Å². The minimum Gasteiger partial charge on any atom is -0.490 e. The van der Waals surface area contributed by atoms with Crippen LogP contribution in [0, 0.1) is 11.3 Å². The zero-order valence-corrected chi connectivity index (χ0v) is 12.6. The lowest BCUT2D eigenvalue weighted by Crippen LogP contribution is -2.22. The average molecular weight is 276 g/mol. The van der Waals surface area contributed by atoms with Gasteiger partial charge in [0, 0.05) is 24.6 Å². The first-order valence-corrected chi connectivity index (χ1v) is 7.16. The van der Waals surface area contributed by atoms with E-state index in [0.717, 1.165) is 30.0 Å². The maximum absolute atomic E-state index is 8.56. The number of benzene rings is 1. The predicted molar refractivity (Wildman–Crippen MR) is 79.9 cm³/mol. The Morgan fingerprint density at radius 2 is 2.10 bits per heavy atom. The molecule has 0 amide bonds. The van der Waals surface area contributed by atoms with E-state index in [4.69, 9.17) is 14.7 Å². The molecule has 20 heavy (non-hydrogen) atoms. The van der Waals surface area contributed by atoms with E-state index in [1.54, 1.807) is 0 Å². The molecule has 4 heteroatoms. The Hall–Kier alpha value is -1.73. The van der Waals surface area contributed by atoms with Crippen LogP contribution in [-0.4, -0.2) is 19.3 Å². The Kier molecular flexibility index (Phi) is 7.52. The molecule has 4 nitrogen and oxygen atoms in total. The molecule has 0 aliphatic carbocycles. The van der Waals surface area contributed by atoms with Crippen molar-refractivity contribution in [3.8, 4) is 17.6 Å². The topological polar surface area (TPSA) is 54.3 Å². The molecule has 0 aromatic heterocycles. The van der Waals surface area contributed by atoms with E-state index in [1.807, 2.05) is 25.1 Å². The number of hydrogen-bond acceptors (Lipinski definition) is 4. The summed E-state index contributed by atoms with van der Waals surface area (Å²) in [6.45, 7) is 8.06. The van der Waals surface area contributed by atoms with Gasteiger partial charge in [0.15, 0.2) is 11.5 Å². The molecule has 0 bridgehead atoms. The number of unbranched alkanes of at least 4 members (excludes halogenated alkanes) is 1. The van der Waals surface area contributed by atoms with E-state index in [0.29, 0.717) is 25.7 Å². The van der Waals surface area contributed by atoms with Crippen molar-refractivity contribution in [2.24, 2.45) is 0 Å². The zero-order valence-electron chi connectivity index (χ0n) is 12.6. The highest BCUT2D eigenvalue weighted by Gasteiger charge is 2.11. The second kappa shape index (κ2) is 9.22. The molecule has 0 saturated carbocycles. The van der Waals surface area contributed by atoms with Crippen molar-refractivity contribution >= 4 is 0 Å². The van der Waals surface area contributed by atoms with Gasteiger partial charge in [0.2, 0.25) is 0 Å². The van der Waals surface area contributed by atoms with Crippen LogP contribution in [0.25, 0.3) is 0 Å². The predicted octanol–water partition coefficient (Wildman–Crippen LogP) is 3.27. The highest BCUT2D eigenvalue weighted by atomic mass is 16.5. The van der Waals surface area contributed by atoms with Gasteiger partial charge in [-0.25, -0.2) is 0 Å². The Balaban J connectivity index is 2.79. The molecule has 1 N–H and O–H groups in total. The summed E-state index contributed by atoms with van der Waals surface area (Å²) in [6.07, 6.45) is 1.24. The van der Waals surface area contributed by atoms with Crippen LogP contribution >= 0.6 is 0 Å². The zero-order chi connectivity index (χ0) is 14.8. The van der Waals surface area contributed by atoms with Gasteiger partial charge in [-0.15, -0.1) is 0 Å². The Labute approximate surface area is 121 Å².